The van der Waals surface area contributed by atoms with E-state index in [1.807, 2.05) is 6.07 Å². The van der Waals surface area contributed by atoms with Crippen molar-refractivity contribution in [3.8, 4) is 11.3 Å². The Kier molecular flexibility index (Phi) is 7.29. The first kappa shape index (κ1) is 26.9. The van der Waals surface area contributed by atoms with Crippen molar-refractivity contribution in [1.82, 2.24) is 14.9 Å². The first-order valence-electron chi connectivity index (χ1n) is 12.5. The molecular formula is C29H25F4N5O2. The van der Waals surface area contributed by atoms with Crippen molar-refractivity contribution in [3.63, 3.8) is 0 Å². The van der Waals surface area contributed by atoms with Crippen LogP contribution in [0.2, 0.25) is 0 Å². The summed E-state index contributed by atoms with van der Waals surface area (Å²) in [6.45, 7) is 0.273. The first-order valence-corrected chi connectivity index (χ1v) is 12.5. The number of benzene rings is 2. The summed E-state index contributed by atoms with van der Waals surface area (Å²) in [5.74, 6) is -1.84. The van der Waals surface area contributed by atoms with Gasteiger partial charge in [-0.05, 0) is 48.9 Å². The molecule has 2 aromatic heterocycles. The summed E-state index contributed by atoms with van der Waals surface area (Å²) >= 11 is 0. The number of nitrogens with one attached hydrogen (secondary N) is 3. The maximum Gasteiger partial charge on any atom is 0.406 e. The van der Waals surface area contributed by atoms with Crippen molar-refractivity contribution in [2.75, 3.05) is 23.7 Å². The molecule has 0 spiro atoms. The molecule has 1 atom stereocenters. The van der Waals surface area contributed by atoms with Gasteiger partial charge in [-0.1, -0.05) is 30.3 Å². The normalized spacial score (nSPS) is 14.0. The van der Waals surface area contributed by atoms with Crippen LogP contribution in [0.5, 0.6) is 0 Å². The third-order valence-electron chi connectivity index (χ3n) is 6.69. The number of pyridine rings is 1. The molecule has 0 fully saturated rings. The van der Waals surface area contributed by atoms with Crippen molar-refractivity contribution in [1.29, 1.82) is 0 Å². The summed E-state index contributed by atoms with van der Waals surface area (Å²) in [7, 11) is 0. The Balaban J connectivity index is 1.48. The number of hydrogen-bond acceptors (Lipinski definition) is 4. The fourth-order valence-electron chi connectivity index (χ4n) is 4.65. The van der Waals surface area contributed by atoms with Crippen LogP contribution in [0.3, 0.4) is 0 Å². The second kappa shape index (κ2) is 10.8. The van der Waals surface area contributed by atoms with Gasteiger partial charge in [-0.3, -0.25) is 9.59 Å². The van der Waals surface area contributed by atoms with Crippen LogP contribution < -0.4 is 10.6 Å². The van der Waals surface area contributed by atoms with Crippen molar-refractivity contribution in [2.24, 2.45) is 0 Å². The molecule has 3 heterocycles. The number of rotatable bonds is 7. The van der Waals surface area contributed by atoms with Crippen molar-refractivity contribution < 1.29 is 27.2 Å². The molecule has 0 saturated carbocycles. The fourth-order valence-corrected chi connectivity index (χ4v) is 4.65. The zero-order valence-electron chi connectivity index (χ0n) is 21.3. The topological polar surface area (TPSA) is 90.1 Å². The van der Waals surface area contributed by atoms with Crippen LogP contribution in [0.1, 0.15) is 34.5 Å². The summed E-state index contributed by atoms with van der Waals surface area (Å²) in [6, 6.07) is 17.9. The van der Waals surface area contributed by atoms with E-state index >= 15 is 0 Å². The van der Waals surface area contributed by atoms with Gasteiger partial charge in [-0.15, -0.1) is 0 Å². The predicted octanol–water partition coefficient (Wildman–Crippen LogP) is 6.26. The van der Waals surface area contributed by atoms with Crippen LogP contribution in [0.25, 0.3) is 11.3 Å². The highest BCUT2D eigenvalue weighted by atomic mass is 19.4. The van der Waals surface area contributed by atoms with Gasteiger partial charge in [0.15, 0.2) is 0 Å². The molecule has 0 saturated heterocycles. The SMILES string of the molecule is CC(C(=O)Nc1cc(-c2[nH]c3c(c2Nc2ccccc2)C(=O)N(CC(F)(F)F)CC3)ccn1)c1ccc(F)cc1. The van der Waals surface area contributed by atoms with Crippen LogP contribution >= 0.6 is 0 Å². The molecule has 2 amide bonds. The highest BCUT2D eigenvalue weighted by Gasteiger charge is 2.38. The summed E-state index contributed by atoms with van der Waals surface area (Å²) < 4.78 is 52.8. The Morgan fingerprint density at radius 1 is 1.10 bits per heavy atom. The second-order valence-corrected chi connectivity index (χ2v) is 9.50. The zero-order valence-corrected chi connectivity index (χ0v) is 21.3. The van der Waals surface area contributed by atoms with Gasteiger partial charge in [-0.2, -0.15) is 13.2 Å². The van der Waals surface area contributed by atoms with Crippen molar-refractivity contribution >= 4 is 29.0 Å². The smallest absolute Gasteiger partial charge is 0.356 e. The molecule has 3 N–H and O–H groups in total. The number of amides is 2. The molecule has 11 heteroatoms. The molecule has 5 rings (SSSR count). The Bertz CT molecular complexity index is 1530. The number of nitrogens with zero attached hydrogens (tertiary/aromatic N) is 2. The van der Waals surface area contributed by atoms with E-state index in [1.165, 1.54) is 30.5 Å². The van der Waals surface area contributed by atoms with E-state index in [9.17, 15) is 27.2 Å². The highest BCUT2D eigenvalue weighted by molar-refractivity contribution is 6.06. The number of carbonyl (C=O) groups excluding carboxylic acids is 2. The Morgan fingerprint density at radius 2 is 1.82 bits per heavy atom. The van der Waals surface area contributed by atoms with E-state index in [0.717, 1.165) is 4.90 Å². The average molecular weight is 552 g/mol. The predicted molar refractivity (Wildman–Crippen MR) is 143 cm³/mol. The number of aromatic amines is 1. The minimum Gasteiger partial charge on any atom is -0.356 e. The van der Waals surface area contributed by atoms with Crippen molar-refractivity contribution in [2.45, 2.75) is 25.4 Å². The van der Waals surface area contributed by atoms with Gasteiger partial charge < -0.3 is 20.5 Å². The van der Waals surface area contributed by atoms with E-state index in [-0.39, 0.29) is 30.3 Å². The van der Waals surface area contributed by atoms with Crippen LogP contribution in [-0.4, -0.2) is 45.9 Å². The van der Waals surface area contributed by atoms with Crippen LogP contribution in [0, 0.1) is 5.82 Å². The lowest BCUT2D eigenvalue weighted by Crippen LogP contribution is -2.43. The molecule has 40 heavy (non-hydrogen) atoms. The number of hydrogen-bond donors (Lipinski definition) is 3. The molecule has 1 aliphatic rings. The highest BCUT2D eigenvalue weighted by Crippen LogP contribution is 2.39. The molecule has 206 valence electrons. The lowest BCUT2D eigenvalue weighted by Gasteiger charge is -2.28. The fraction of sp³-hybridized carbons (Fsp3) is 0.207. The van der Waals surface area contributed by atoms with Gasteiger partial charge in [0.2, 0.25) is 5.91 Å². The van der Waals surface area contributed by atoms with Gasteiger partial charge in [0, 0.05) is 36.1 Å². The van der Waals surface area contributed by atoms with Crippen molar-refractivity contribution in [3.05, 3.63) is 95.6 Å². The molecule has 1 aliphatic heterocycles. The van der Waals surface area contributed by atoms with E-state index in [2.05, 4.69) is 20.6 Å². The summed E-state index contributed by atoms with van der Waals surface area (Å²) in [5.41, 5.74) is 3.29. The Hall–Kier alpha value is -4.67. The molecule has 0 bridgehead atoms. The van der Waals surface area contributed by atoms with Gasteiger partial charge in [0.25, 0.3) is 5.91 Å². The van der Waals surface area contributed by atoms with E-state index in [1.54, 1.807) is 43.3 Å². The van der Waals surface area contributed by atoms with Gasteiger partial charge in [0.05, 0.1) is 22.9 Å². The molecule has 4 aromatic rings. The summed E-state index contributed by atoms with van der Waals surface area (Å²) in [4.78, 5) is 34.4. The van der Waals surface area contributed by atoms with Crippen LogP contribution in [0.4, 0.5) is 34.8 Å². The molecule has 2 aromatic carbocycles. The minimum absolute atomic E-state index is 0.0744. The molecular weight excluding hydrogens is 526 g/mol. The number of carbonyl (C=O) groups is 2. The summed E-state index contributed by atoms with van der Waals surface area (Å²) in [6.07, 6.45) is -2.83. The number of H-pyrrole nitrogens is 1. The summed E-state index contributed by atoms with van der Waals surface area (Å²) in [5, 5.41) is 5.96. The van der Waals surface area contributed by atoms with Gasteiger partial charge >= 0.3 is 6.18 Å². The second-order valence-electron chi connectivity index (χ2n) is 9.50. The molecule has 0 radical (unpaired) electrons. The number of halogens is 4. The molecule has 7 nitrogen and oxygen atoms in total. The maximum atomic E-state index is 13.3. The van der Waals surface area contributed by atoms with E-state index in [0.29, 0.717) is 33.9 Å². The van der Waals surface area contributed by atoms with Gasteiger partial charge in [-0.25, -0.2) is 9.37 Å². The van der Waals surface area contributed by atoms with E-state index in [4.69, 9.17) is 0 Å². The number of aromatic nitrogens is 2. The minimum atomic E-state index is -4.53. The number of para-hydroxylation sites is 1. The van der Waals surface area contributed by atoms with Gasteiger partial charge in [0.1, 0.15) is 18.2 Å². The molecule has 1 unspecified atom stereocenters. The lowest BCUT2D eigenvalue weighted by molar-refractivity contribution is -0.141. The number of fused-ring (bicyclic) bond motifs is 1. The lowest BCUT2D eigenvalue weighted by atomic mass is 10.0. The quantitative estimate of drug-likeness (QED) is 0.237. The first-order chi connectivity index (χ1) is 19.1. The average Bonchev–Trinajstić information content (AvgIpc) is 3.29. The number of alkyl halides is 3. The third-order valence-corrected chi connectivity index (χ3v) is 6.69. The maximum absolute atomic E-state index is 13.3. The Labute approximate surface area is 227 Å². The monoisotopic (exact) mass is 551 g/mol. The standard InChI is InChI=1S/C29H25F4N5O2/c1-17(18-7-9-20(30)10-8-18)27(39)37-23-15-19(11-13-34-23)25-26(35-21-5-3-2-4-6-21)24-22(36-25)12-14-38(28(24)40)16-29(31,32)33/h2-11,13,15,17,35-36H,12,14,16H2,1H3,(H,34,37,39). The Morgan fingerprint density at radius 3 is 2.52 bits per heavy atom. The zero-order chi connectivity index (χ0) is 28.4. The number of anilines is 3. The molecule has 0 aliphatic carbocycles. The largest absolute Gasteiger partial charge is 0.406 e. The third kappa shape index (κ3) is 5.83. The van der Waals surface area contributed by atoms with Crippen LogP contribution in [-0.2, 0) is 11.2 Å². The van der Waals surface area contributed by atoms with Crippen LogP contribution in [0.15, 0.2) is 72.9 Å². The van der Waals surface area contributed by atoms with E-state index < -0.39 is 30.4 Å².